The van der Waals surface area contributed by atoms with E-state index >= 15 is 0 Å². The van der Waals surface area contributed by atoms with Gasteiger partial charge in [-0.3, -0.25) is 0 Å². The number of fused-ring (bicyclic) bond motifs is 1. The van der Waals surface area contributed by atoms with E-state index in [-0.39, 0.29) is 11.9 Å². The van der Waals surface area contributed by atoms with Gasteiger partial charge in [-0.25, -0.2) is 9.37 Å². The average molecular weight is 191 g/mol. The van der Waals surface area contributed by atoms with Gasteiger partial charge in [-0.2, -0.15) is 0 Å². The maximum Gasteiger partial charge on any atom is 0.151 e. The van der Waals surface area contributed by atoms with Gasteiger partial charge >= 0.3 is 0 Å². The van der Waals surface area contributed by atoms with Crippen LogP contribution >= 0.6 is 0 Å². The van der Waals surface area contributed by atoms with Crippen molar-refractivity contribution in [1.29, 1.82) is 0 Å². The van der Waals surface area contributed by atoms with Gasteiger partial charge in [0.1, 0.15) is 11.3 Å². The molecule has 1 aromatic heterocycles. The zero-order valence-corrected chi connectivity index (χ0v) is 8.50. The normalized spacial score (nSPS) is 11.5. The highest BCUT2D eigenvalue weighted by molar-refractivity contribution is 5.76. The lowest BCUT2D eigenvalue weighted by Crippen LogP contribution is -2.02. The van der Waals surface area contributed by atoms with E-state index < -0.39 is 0 Å². The van der Waals surface area contributed by atoms with Crippen molar-refractivity contribution in [3.05, 3.63) is 29.8 Å². The standard InChI is InChI=1S/C11H12FN2/c1-7(2)14-8(3)13-11-9(12)5-4-6-10(11)14/h5-7H,1-3H3. The fourth-order valence-electron chi connectivity index (χ4n) is 1.79. The molecule has 0 saturated heterocycles. The van der Waals surface area contributed by atoms with Gasteiger partial charge in [-0.05, 0) is 39.0 Å². The van der Waals surface area contributed by atoms with Crippen LogP contribution < -0.4 is 0 Å². The van der Waals surface area contributed by atoms with Gasteiger partial charge in [0.2, 0.25) is 0 Å². The van der Waals surface area contributed by atoms with Crippen LogP contribution in [0, 0.1) is 18.8 Å². The minimum Gasteiger partial charge on any atom is -0.326 e. The molecule has 14 heavy (non-hydrogen) atoms. The second kappa shape index (κ2) is 3.08. The van der Waals surface area contributed by atoms with Gasteiger partial charge in [-0.1, -0.05) is 0 Å². The van der Waals surface area contributed by atoms with Crippen LogP contribution in [0.3, 0.4) is 0 Å². The maximum absolute atomic E-state index is 13.3. The van der Waals surface area contributed by atoms with E-state index in [4.69, 9.17) is 0 Å². The van der Waals surface area contributed by atoms with Crippen LogP contribution in [0.25, 0.3) is 11.0 Å². The highest BCUT2D eigenvalue weighted by Gasteiger charge is 2.12. The molecule has 2 rings (SSSR count). The van der Waals surface area contributed by atoms with Gasteiger partial charge in [0.15, 0.2) is 5.82 Å². The Morgan fingerprint density at radius 2 is 2.14 bits per heavy atom. The highest BCUT2D eigenvalue weighted by atomic mass is 19.1. The Morgan fingerprint density at radius 1 is 1.43 bits per heavy atom. The number of aromatic nitrogens is 2. The maximum atomic E-state index is 13.3. The Labute approximate surface area is 82.4 Å². The summed E-state index contributed by atoms with van der Waals surface area (Å²) in [6.07, 6.45) is 0. The average Bonchev–Trinajstić information content (AvgIpc) is 2.42. The summed E-state index contributed by atoms with van der Waals surface area (Å²) in [7, 11) is 0. The number of hydrogen-bond acceptors (Lipinski definition) is 1. The van der Waals surface area contributed by atoms with Crippen molar-refractivity contribution in [3.8, 4) is 0 Å². The topological polar surface area (TPSA) is 17.8 Å². The molecule has 0 unspecified atom stereocenters. The van der Waals surface area contributed by atoms with Gasteiger partial charge in [0.25, 0.3) is 0 Å². The zero-order chi connectivity index (χ0) is 10.3. The molecular weight excluding hydrogens is 179 g/mol. The number of benzene rings is 1. The molecule has 0 aliphatic heterocycles. The number of halogens is 1. The van der Waals surface area contributed by atoms with Crippen LogP contribution in [0.2, 0.25) is 0 Å². The highest BCUT2D eigenvalue weighted by Crippen LogP contribution is 2.22. The van der Waals surface area contributed by atoms with E-state index in [2.05, 4.69) is 24.9 Å². The number of imidazole rings is 1. The van der Waals surface area contributed by atoms with Gasteiger partial charge in [-0.15, -0.1) is 0 Å². The molecule has 0 saturated carbocycles. The molecule has 3 heteroatoms. The van der Waals surface area contributed by atoms with Crippen LogP contribution in [-0.4, -0.2) is 9.55 Å². The Balaban J connectivity index is 2.83. The first-order valence-corrected chi connectivity index (χ1v) is 4.65. The van der Waals surface area contributed by atoms with Crippen molar-refractivity contribution in [2.45, 2.75) is 26.8 Å². The summed E-state index contributed by atoms with van der Waals surface area (Å²) < 4.78 is 15.3. The SMILES string of the molecule is Cc1nc2c(F)c[c]cc2n1C(C)C. The molecule has 1 aromatic carbocycles. The molecule has 0 fully saturated rings. The number of rotatable bonds is 1. The quantitative estimate of drug-likeness (QED) is 0.677. The summed E-state index contributed by atoms with van der Waals surface area (Å²) in [6, 6.07) is 6.16. The van der Waals surface area contributed by atoms with Crippen molar-refractivity contribution >= 4 is 11.0 Å². The second-order valence-electron chi connectivity index (χ2n) is 3.66. The van der Waals surface area contributed by atoms with Crippen molar-refractivity contribution < 1.29 is 4.39 Å². The molecule has 0 N–H and O–H groups in total. The molecule has 2 aromatic rings. The monoisotopic (exact) mass is 191 g/mol. The molecule has 0 aliphatic rings. The smallest absolute Gasteiger partial charge is 0.151 e. The molecule has 0 spiro atoms. The number of hydrogen-bond donors (Lipinski definition) is 0. The second-order valence-corrected chi connectivity index (χ2v) is 3.66. The van der Waals surface area contributed by atoms with Crippen molar-refractivity contribution in [2.24, 2.45) is 0 Å². The number of nitrogens with zero attached hydrogens (tertiary/aromatic N) is 2. The molecule has 2 nitrogen and oxygen atoms in total. The largest absolute Gasteiger partial charge is 0.326 e. The molecule has 1 heterocycles. The lowest BCUT2D eigenvalue weighted by Gasteiger charge is -2.10. The molecule has 0 aliphatic carbocycles. The van der Waals surface area contributed by atoms with Gasteiger partial charge in [0, 0.05) is 6.04 Å². The first kappa shape index (κ1) is 9.19. The fourth-order valence-corrected chi connectivity index (χ4v) is 1.79. The summed E-state index contributed by atoms with van der Waals surface area (Å²) >= 11 is 0. The van der Waals surface area contributed by atoms with Crippen LogP contribution in [0.1, 0.15) is 25.7 Å². The lowest BCUT2D eigenvalue weighted by atomic mass is 10.3. The van der Waals surface area contributed by atoms with Crippen LogP contribution in [-0.2, 0) is 0 Å². The molecule has 0 amide bonds. The van der Waals surface area contributed by atoms with Crippen molar-refractivity contribution in [1.82, 2.24) is 9.55 Å². The molecular formula is C11H12FN2. The molecule has 73 valence electrons. The zero-order valence-electron chi connectivity index (χ0n) is 8.50. The van der Waals surface area contributed by atoms with E-state index in [0.29, 0.717) is 5.52 Å². The predicted molar refractivity (Wildman–Crippen MR) is 53.6 cm³/mol. The lowest BCUT2D eigenvalue weighted by molar-refractivity contribution is 0.600. The van der Waals surface area contributed by atoms with E-state index in [9.17, 15) is 4.39 Å². The third kappa shape index (κ3) is 1.20. The van der Waals surface area contributed by atoms with E-state index in [1.165, 1.54) is 6.07 Å². The fraction of sp³-hybridized carbons (Fsp3) is 0.364. The summed E-state index contributed by atoms with van der Waals surface area (Å²) in [5, 5.41) is 0. The summed E-state index contributed by atoms with van der Waals surface area (Å²) in [5.74, 6) is 0.540. The van der Waals surface area contributed by atoms with Gasteiger partial charge in [0.05, 0.1) is 5.52 Å². The Bertz CT molecular complexity index is 471. The van der Waals surface area contributed by atoms with E-state index in [1.807, 2.05) is 11.5 Å². The molecule has 0 bridgehead atoms. The molecule has 0 atom stereocenters. The number of aryl methyl sites for hydroxylation is 1. The summed E-state index contributed by atoms with van der Waals surface area (Å²) in [5.41, 5.74) is 1.26. The minimum atomic E-state index is -0.301. The Morgan fingerprint density at radius 3 is 2.79 bits per heavy atom. The third-order valence-corrected chi connectivity index (χ3v) is 2.30. The summed E-state index contributed by atoms with van der Waals surface area (Å²) in [4.78, 5) is 4.20. The van der Waals surface area contributed by atoms with E-state index in [1.54, 1.807) is 6.07 Å². The molecule has 1 radical (unpaired) electrons. The Kier molecular flexibility index (Phi) is 2.02. The minimum absolute atomic E-state index is 0.287. The van der Waals surface area contributed by atoms with Crippen LogP contribution in [0.4, 0.5) is 4.39 Å². The van der Waals surface area contributed by atoms with Crippen molar-refractivity contribution in [2.75, 3.05) is 0 Å². The van der Waals surface area contributed by atoms with Gasteiger partial charge < -0.3 is 4.57 Å². The van der Waals surface area contributed by atoms with Crippen molar-refractivity contribution in [3.63, 3.8) is 0 Å². The summed E-state index contributed by atoms with van der Waals surface area (Å²) in [6.45, 7) is 6.00. The van der Waals surface area contributed by atoms with E-state index in [0.717, 1.165) is 11.3 Å². The Hall–Kier alpha value is -1.38. The third-order valence-electron chi connectivity index (χ3n) is 2.30. The van der Waals surface area contributed by atoms with Crippen LogP contribution in [0.15, 0.2) is 12.1 Å². The first-order chi connectivity index (χ1) is 6.61. The predicted octanol–water partition coefficient (Wildman–Crippen LogP) is 2.86. The first-order valence-electron chi connectivity index (χ1n) is 4.65. The van der Waals surface area contributed by atoms with Crippen LogP contribution in [0.5, 0.6) is 0 Å².